The lowest BCUT2D eigenvalue weighted by atomic mass is 9.96. The van der Waals surface area contributed by atoms with Gasteiger partial charge in [-0.05, 0) is 17.9 Å². The van der Waals surface area contributed by atoms with E-state index in [0.29, 0.717) is 5.33 Å². The van der Waals surface area contributed by atoms with Gasteiger partial charge in [0.2, 0.25) is 0 Å². The van der Waals surface area contributed by atoms with Gasteiger partial charge in [0.15, 0.2) is 43.1 Å². The van der Waals surface area contributed by atoms with Crippen LogP contribution in [0.15, 0.2) is 0 Å². The van der Waals surface area contributed by atoms with Gasteiger partial charge in [-0.2, -0.15) is 11.8 Å². The second-order valence-corrected chi connectivity index (χ2v) is 15.7. The van der Waals surface area contributed by atoms with E-state index in [1.807, 2.05) is 0 Å². The molecule has 0 amide bonds. The average molecular weight is 916 g/mol. The molecule has 2 heterocycles. The van der Waals surface area contributed by atoms with Crippen molar-refractivity contribution in [1.82, 2.24) is 0 Å². The number of carbonyl (C=O) groups is 7. The van der Waals surface area contributed by atoms with Gasteiger partial charge in [0.05, 0.1) is 6.61 Å². The van der Waals surface area contributed by atoms with Gasteiger partial charge in [0.1, 0.15) is 31.5 Å². The highest BCUT2D eigenvalue weighted by molar-refractivity contribution is 9.09. The van der Waals surface area contributed by atoms with E-state index >= 15 is 0 Å². The number of unbranched alkanes of at least 4 members (excludes halogenated alkanes) is 5. The average Bonchev–Trinajstić information content (AvgIpc) is 3.12. The van der Waals surface area contributed by atoms with Crippen LogP contribution >= 0.6 is 27.7 Å². The molecule has 0 N–H and O–H groups in total. The van der Waals surface area contributed by atoms with E-state index < -0.39 is 116 Å². The number of halogens is 1. The third-order valence-corrected chi connectivity index (χ3v) is 10.8. The number of hydrogen-bond donors (Lipinski definition) is 0. The maximum Gasteiger partial charge on any atom is 0.303 e. The highest BCUT2D eigenvalue weighted by Gasteiger charge is 2.57. The van der Waals surface area contributed by atoms with Crippen LogP contribution in [0.3, 0.4) is 0 Å². The number of esters is 7. The maximum absolute atomic E-state index is 12.7. The summed E-state index contributed by atoms with van der Waals surface area (Å²) >= 11 is 5.34. The van der Waals surface area contributed by atoms with Gasteiger partial charge >= 0.3 is 41.8 Å². The van der Waals surface area contributed by atoms with Crippen LogP contribution in [0.2, 0.25) is 0 Å². The first-order valence-electron chi connectivity index (χ1n) is 19.3. The SMILES string of the molecule is CCCCCCCCSCC(CBr)CO[C@@H]1O[C@H](COC(C)=O)[C@@H](O[C@@H]2O[C@H](COC(C)=O)[C@H](OC(C)=O)[C@H](OC(C)=O)[C@H]2OC(C)=O)[C@H](OC(C)=O)[C@H]1OC(C)=O. The minimum absolute atomic E-state index is 0.0163. The topological polar surface area (TPSA) is 221 Å². The summed E-state index contributed by atoms with van der Waals surface area (Å²) in [5, 5.41) is 0.570. The number of carbonyl (C=O) groups excluding carboxylic acids is 7. The molecule has 58 heavy (non-hydrogen) atoms. The van der Waals surface area contributed by atoms with Crippen molar-refractivity contribution < 1.29 is 85.7 Å². The highest BCUT2D eigenvalue weighted by atomic mass is 79.9. The molecule has 0 aromatic carbocycles. The first kappa shape index (κ1) is 51.1. The van der Waals surface area contributed by atoms with Crippen LogP contribution < -0.4 is 0 Å². The number of ether oxygens (including phenoxy) is 11. The smallest absolute Gasteiger partial charge is 0.303 e. The number of hydrogen-bond acceptors (Lipinski definition) is 19. The van der Waals surface area contributed by atoms with Crippen molar-refractivity contribution in [3.63, 3.8) is 0 Å². The van der Waals surface area contributed by atoms with Crippen LogP contribution in [0.5, 0.6) is 0 Å². The number of thioether (sulfide) groups is 1. The van der Waals surface area contributed by atoms with Gasteiger partial charge < -0.3 is 52.1 Å². The van der Waals surface area contributed by atoms with Crippen LogP contribution in [-0.2, 0) is 85.7 Å². The van der Waals surface area contributed by atoms with Crippen molar-refractivity contribution in [2.24, 2.45) is 5.92 Å². The lowest BCUT2D eigenvalue weighted by molar-refractivity contribution is -0.361. The molecular weight excluding hydrogens is 856 g/mol. The Kier molecular flexibility index (Phi) is 23.7. The Morgan fingerprint density at radius 1 is 0.552 bits per heavy atom. The maximum atomic E-state index is 12.7. The first-order chi connectivity index (χ1) is 27.5. The second-order valence-electron chi connectivity index (χ2n) is 13.9. The number of rotatable bonds is 24. The van der Waals surface area contributed by atoms with Crippen molar-refractivity contribution in [3.8, 4) is 0 Å². The van der Waals surface area contributed by atoms with E-state index in [1.165, 1.54) is 25.7 Å². The molecule has 0 aliphatic carbocycles. The standard InChI is InChI=1S/C38H59BrO18S/c1-9-10-11-12-13-14-15-58-20-28(16-39)17-49-37-35(53-26(7)45)34(52-25(6)44)32(30(55-37)19-48-22(3)41)57-38-36(54-27(8)46)33(51-24(5)43)31(50-23(4)42)29(56-38)18-47-21(2)40/h28-38H,9-20H2,1-8H3/t28?,29-,30-,31+,32-,33+,34+,35-,36-,37-,38+/m1/s1. The fourth-order valence-electron chi connectivity index (χ4n) is 6.21. The second kappa shape index (κ2) is 26.9. The molecule has 1 unspecified atom stereocenters. The van der Waals surface area contributed by atoms with E-state index in [9.17, 15) is 33.6 Å². The summed E-state index contributed by atoms with van der Waals surface area (Å²) in [6, 6.07) is 0. The molecule has 18 nitrogen and oxygen atoms in total. The molecule has 0 bridgehead atoms. The summed E-state index contributed by atoms with van der Waals surface area (Å²) in [7, 11) is 0. The summed E-state index contributed by atoms with van der Waals surface area (Å²) < 4.78 is 63.4. The number of alkyl halides is 1. The molecule has 332 valence electrons. The normalized spacial score (nSPS) is 27.3. The molecule has 20 heteroatoms. The molecule has 0 saturated carbocycles. The van der Waals surface area contributed by atoms with Crippen LogP contribution in [0, 0.1) is 5.92 Å². The minimum atomic E-state index is -1.77. The Balaban J connectivity index is 2.55. The molecule has 0 spiro atoms. The van der Waals surface area contributed by atoms with Gasteiger partial charge in [-0.15, -0.1) is 0 Å². The molecule has 2 aliphatic heterocycles. The quantitative estimate of drug-likeness (QED) is 0.0583. The van der Waals surface area contributed by atoms with Crippen LogP contribution in [-0.4, -0.2) is 140 Å². The first-order valence-corrected chi connectivity index (χ1v) is 21.6. The van der Waals surface area contributed by atoms with Crippen molar-refractivity contribution in [3.05, 3.63) is 0 Å². The summed E-state index contributed by atoms with van der Waals surface area (Å²) in [5.74, 6) is -4.00. The highest BCUT2D eigenvalue weighted by Crippen LogP contribution is 2.36. The predicted molar refractivity (Wildman–Crippen MR) is 207 cm³/mol. The van der Waals surface area contributed by atoms with Crippen LogP contribution in [0.25, 0.3) is 0 Å². The van der Waals surface area contributed by atoms with Crippen molar-refractivity contribution in [1.29, 1.82) is 0 Å². The van der Waals surface area contributed by atoms with E-state index in [0.717, 1.165) is 72.8 Å². The zero-order chi connectivity index (χ0) is 43.4. The Bertz CT molecular complexity index is 1350. The fourth-order valence-corrected chi connectivity index (χ4v) is 8.05. The largest absolute Gasteiger partial charge is 0.463 e. The fraction of sp³-hybridized carbons (Fsp3) is 0.816. The third kappa shape index (κ3) is 18.5. The van der Waals surface area contributed by atoms with E-state index in [-0.39, 0.29) is 12.5 Å². The molecule has 2 aliphatic rings. The summed E-state index contributed by atoms with van der Waals surface area (Å²) in [5.41, 5.74) is 0. The summed E-state index contributed by atoms with van der Waals surface area (Å²) in [6.07, 6.45) is -8.12. The van der Waals surface area contributed by atoms with Crippen LogP contribution in [0.1, 0.15) is 93.9 Å². The predicted octanol–water partition coefficient (Wildman–Crippen LogP) is 3.73. The summed E-state index contributed by atoms with van der Waals surface area (Å²) in [4.78, 5) is 86.3. The Hall–Kier alpha value is -3.04. The molecule has 2 fully saturated rings. The van der Waals surface area contributed by atoms with Gasteiger partial charge in [0.25, 0.3) is 0 Å². The third-order valence-electron chi connectivity index (χ3n) is 8.60. The minimum Gasteiger partial charge on any atom is -0.463 e. The van der Waals surface area contributed by atoms with E-state index in [2.05, 4.69) is 22.9 Å². The Morgan fingerprint density at radius 3 is 1.48 bits per heavy atom. The molecule has 0 aromatic heterocycles. The monoisotopic (exact) mass is 914 g/mol. The van der Waals surface area contributed by atoms with Gasteiger partial charge in [0, 0.05) is 59.7 Å². The zero-order valence-electron chi connectivity index (χ0n) is 34.5. The van der Waals surface area contributed by atoms with Crippen molar-refractivity contribution >= 4 is 69.5 Å². The molecule has 0 radical (unpaired) electrons. The molecule has 0 aromatic rings. The van der Waals surface area contributed by atoms with Crippen molar-refractivity contribution in [2.75, 3.05) is 36.7 Å². The Morgan fingerprint density at radius 2 is 0.983 bits per heavy atom. The van der Waals surface area contributed by atoms with Crippen LogP contribution in [0.4, 0.5) is 0 Å². The zero-order valence-corrected chi connectivity index (χ0v) is 36.9. The lowest BCUT2D eigenvalue weighted by Crippen LogP contribution is -2.67. The molecular formula is C38H59BrO18S. The van der Waals surface area contributed by atoms with E-state index in [4.69, 9.17) is 52.1 Å². The molecule has 2 saturated heterocycles. The van der Waals surface area contributed by atoms with Crippen molar-refractivity contribution in [2.45, 2.75) is 155 Å². The lowest BCUT2D eigenvalue weighted by Gasteiger charge is -2.48. The summed E-state index contributed by atoms with van der Waals surface area (Å²) in [6.45, 7) is 8.92. The van der Waals surface area contributed by atoms with Gasteiger partial charge in [-0.3, -0.25) is 33.6 Å². The molecule has 11 atom stereocenters. The Labute approximate surface area is 352 Å². The van der Waals surface area contributed by atoms with Gasteiger partial charge in [-0.1, -0.05) is 55.0 Å². The van der Waals surface area contributed by atoms with E-state index in [1.54, 1.807) is 11.8 Å². The molecule has 2 rings (SSSR count). The van der Waals surface area contributed by atoms with Gasteiger partial charge in [-0.25, -0.2) is 0 Å².